The number of carbonyl (C=O) groups excluding carboxylic acids is 1. The van der Waals surface area contributed by atoms with Crippen LogP contribution in [0, 0.1) is 0 Å². The summed E-state index contributed by atoms with van der Waals surface area (Å²) in [5, 5.41) is 0. The van der Waals surface area contributed by atoms with Gasteiger partial charge in [-0.25, -0.2) is 0 Å². The Morgan fingerprint density at radius 1 is 1.40 bits per heavy atom. The van der Waals surface area contributed by atoms with Crippen LogP contribution in [0.4, 0.5) is 5.69 Å². The molecule has 1 unspecified atom stereocenters. The maximum absolute atomic E-state index is 12.3. The number of rotatable bonds is 3. The fraction of sp³-hybridized carbons (Fsp3) is 0.417. The average Bonchev–Trinajstić information content (AvgIpc) is 2.49. The van der Waals surface area contributed by atoms with Crippen LogP contribution in [0.5, 0.6) is 5.75 Å². The van der Waals surface area contributed by atoms with Gasteiger partial charge >= 0.3 is 29.6 Å². The van der Waals surface area contributed by atoms with Gasteiger partial charge in [0.25, 0.3) is 10.1 Å². The number of amides is 1. The monoisotopic (exact) mass is 309 g/mol. The number of methoxy groups -OCH3 is 1. The van der Waals surface area contributed by atoms with Crippen LogP contribution in [0.15, 0.2) is 18.2 Å². The van der Waals surface area contributed by atoms with Crippen LogP contribution in [0.25, 0.3) is 0 Å². The Bertz CT molecular complexity index is 645. The minimum atomic E-state index is -4.27. The summed E-state index contributed by atoms with van der Waals surface area (Å²) < 4.78 is 36.5. The number of benzene rings is 1. The van der Waals surface area contributed by atoms with Gasteiger partial charge in [-0.2, -0.15) is 8.42 Å². The van der Waals surface area contributed by atoms with E-state index < -0.39 is 21.3 Å². The minimum absolute atomic E-state index is 0. The molecule has 0 aliphatic carbocycles. The maximum atomic E-state index is 12.3. The predicted octanol–water partition coefficient (Wildman–Crippen LogP) is 0.169. The van der Waals surface area contributed by atoms with Gasteiger partial charge < -0.3 is 9.64 Å². The molecule has 106 valence electrons. The molecule has 2 rings (SSSR count). The van der Waals surface area contributed by atoms with Crippen molar-refractivity contribution in [3.63, 3.8) is 0 Å². The first-order chi connectivity index (χ1) is 8.69. The molecule has 0 saturated heterocycles. The molecule has 0 saturated carbocycles. The molecular formula is C12H16NNaO5S. The summed E-state index contributed by atoms with van der Waals surface area (Å²) >= 11 is 0. The van der Waals surface area contributed by atoms with Crippen LogP contribution in [0.1, 0.15) is 12.5 Å². The normalized spacial score (nSPS) is 21.4. The standard InChI is InChI=1S/C12H15NO5S.Na.H/c1-12(7-19(15,16)17)9-6-8(18-3)4-5-10(9)13(2)11(12)14;;/h4-6H,7H2,1-3H3,(H,15,16,17);;. The fourth-order valence-corrected chi connectivity index (χ4v) is 3.48. The van der Waals surface area contributed by atoms with Gasteiger partial charge in [0, 0.05) is 12.7 Å². The number of ether oxygens (including phenoxy) is 1. The van der Waals surface area contributed by atoms with Gasteiger partial charge in [0.2, 0.25) is 5.91 Å². The van der Waals surface area contributed by atoms with Gasteiger partial charge in [0.15, 0.2) is 0 Å². The van der Waals surface area contributed by atoms with Crippen molar-refractivity contribution in [3.8, 4) is 5.75 Å². The molecule has 1 N–H and O–H groups in total. The van der Waals surface area contributed by atoms with Gasteiger partial charge in [-0.15, -0.1) is 0 Å². The Morgan fingerprint density at radius 3 is 2.50 bits per heavy atom. The van der Waals surface area contributed by atoms with Crippen LogP contribution in [-0.2, 0) is 20.3 Å². The van der Waals surface area contributed by atoms with Crippen molar-refractivity contribution in [2.45, 2.75) is 12.3 Å². The Hall–Kier alpha value is -0.600. The summed E-state index contributed by atoms with van der Waals surface area (Å²) in [5.41, 5.74) is -0.138. The Labute approximate surface area is 140 Å². The molecule has 8 heteroatoms. The summed E-state index contributed by atoms with van der Waals surface area (Å²) in [4.78, 5) is 13.7. The van der Waals surface area contributed by atoms with E-state index >= 15 is 0 Å². The Kier molecular flexibility index (Phi) is 4.93. The molecule has 6 nitrogen and oxygen atoms in total. The van der Waals surface area contributed by atoms with Crippen LogP contribution >= 0.6 is 0 Å². The van der Waals surface area contributed by atoms with E-state index in [4.69, 9.17) is 9.29 Å². The van der Waals surface area contributed by atoms with E-state index in [9.17, 15) is 13.2 Å². The molecule has 0 bridgehead atoms. The zero-order valence-corrected chi connectivity index (χ0v) is 11.7. The van der Waals surface area contributed by atoms with E-state index in [0.29, 0.717) is 17.0 Å². The first-order valence-corrected chi connectivity index (χ1v) is 7.22. The third kappa shape index (κ3) is 2.87. The molecular weight excluding hydrogens is 293 g/mol. The third-order valence-corrected chi connectivity index (χ3v) is 4.35. The van der Waals surface area contributed by atoms with Crippen molar-refractivity contribution < 1.29 is 22.5 Å². The van der Waals surface area contributed by atoms with Crippen molar-refractivity contribution in [1.29, 1.82) is 0 Å². The van der Waals surface area contributed by atoms with E-state index in [1.807, 2.05) is 0 Å². The molecule has 20 heavy (non-hydrogen) atoms. The van der Waals surface area contributed by atoms with Crippen molar-refractivity contribution in [3.05, 3.63) is 23.8 Å². The molecule has 0 aromatic heterocycles. The van der Waals surface area contributed by atoms with Gasteiger partial charge in [-0.05, 0) is 30.7 Å². The number of nitrogens with zero attached hydrogens (tertiary/aromatic N) is 1. The quantitative estimate of drug-likeness (QED) is 0.635. The van der Waals surface area contributed by atoms with E-state index in [-0.39, 0.29) is 35.5 Å². The summed E-state index contributed by atoms with van der Waals surface area (Å²) in [6.07, 6.45) is 0. The van der Waals surface area contributed by atoms with Crippen molar-refractivity contribution >= 4 is 51.3 Å². The molecule has 1 aliphatic heterocycles. The van der Waals surface area contributed by atoms with Gasteiger partial charge in [0.05, 0.1) is 18.3 Å². The van der Waals surface area contributed by atoms with Crippen LogP contribution < -0.4 is 9.64 Å². The first kappa shape index (κ1) is 17.5. The topological polar surface area (TPSA) is 83.9 Å². The van der Waals surface area contributed by atoms with E-state index in [2.05, 4.69) is 0 Å². The van der Waals surface area contributed by atoms with Gasteiger partial charge in [0.1, 0.15) is 5.75 Å². The number of fused-ring (bicyclic) bond motifs is 1. The third-order valence-electron chi connectivity index (χ3n) is 3.41. The fourth-order valence-electron chi connectivity index (χ4n) is 2.48. The molecule has 1 aromatic carbocycles. The molecule has 0 spiro atoms. The second kappa shape index (κ2) is 5.65. The molecule has 1 amide bonds. The number of carbonyl (C=O) groups is 1. The van der Waals surface area contributed by atoms with E-state index in [0.717, 1.165) is 0 Å². The number of likely N-dealkylation sites (N-methyl/N-ethyl adjacent to an activating group) is 1. The first-order valence-electron chi connectivity index (χ1n) is 5.61. The second-order valence-electron chi connectivity index (χ2n) is 4.81. The molecule has 0 fully saturated rings. The summed E-state index contributed by atoms with van der Waals surface area (Å²) in [7, 11) is -1.21. The molecule has 1 heterocycles. The van der Waals surface area contributed by atoms with Crippen molar-refractivity contribution in [2.75, 3.05) is 24.8 Å². The number of hydrogen-bond acceptors (Lipinski definition) is 4. The van der Waals surface area contributed by atoms with Crippen molar-refractivity contribution in [1.82, 2.24) is 0 Å². The second-order valence-corrected chi connectivity index (χ2v) is 6.26. The SMILES string of the molecule is COc1ccc2c(c1)C(C)(CS(=O)(=O)O)C(=O)N2C.[NaH]. The zero-order chi connectivity index (χ0) is 14.4. The van der Waals surface area contributed by atoms with Crippen LogP contribution in [0.3, 0.4) is 0 Å². The van der Waals surface area contributed by atoms with Crippen LogP contribution in [0.2, 0.25) is 0 Å². The van der Waals surface area contributed by atoms with Gasteiger partial charge in [-0.3, -0.25) is 9.35 Å². The Morgan fingerprint density at radius 2 is 2.00 bits per heavy atom. The molecule has 1 atom stereocenters. The van der Waals surface area contributed by atoms with E-state index in [1.54, 1.807) is 25.2 Å². The van der Waals surface area contributed by atoms with E-state index in [1.165, 1.54) is 18.9 Å². The predicted molar refractivity (Wildman–Crippen MR) is 77.3 cm³/mol. The van der Waals surface area contributed by atoms with Crippen LogP contribution in [-0.4, -0.2) is 68.3 Å². The summed E-state index contributed by atoms with van der Waals surface area (Å²) in [6.45, 7) is 1.50. The zero-order valence-electron chi connectivity index (χ0n) is 10.9. The molecule has 1 aliphatic rings. The number of anilines is 1. The van der Waals surface area contributed by atoms with Gasteiger partial charge in [-0.1, -0.05) is 0 Å². The number of hydrogen-bond donors (Lipinski definition) is 1. The summed E-state index contributed by atoms with van der Waals surface area (Å²) in [6, 6.07) is 5.02. The molecule has 0 radical (unpaired) electrons. The summed E-state index contributed by atoms with van der Waals surface area (Å²) in [5.74, 6) is -0.486. The molecule has 1 aromatic rings. The Balaban J connectivity index is 0.00000200. The van der Waals surface area contributed by atoms with Crippen molar-refractivity contribution in [2.24, 2.45) is 0 Å². The average molecular weight is 309 g/mol.